The molecule has 1 rings (SSSR count). The molecule has 0 fully saturated rings. The first-order valence-corrected chi connectivity index (χ1v) is 6.98. The lowest BCUT2D eigenvalue weighted by atomic mass is 10.2. The van der Waals surface area contributed by atoms with Gasteiger partial charge in [-0.2, -0.15) is 0 Å². The molecule has 106 valence electrons. The number of rotatable bonds is 4. The van der Waals surface area contributed by atoms with E-state index in [1.54, 1.807) is 0 Å². The molecule has 0 aromatic rings. The van der Waals surface area contributed by atoms with Crippen LogP contribution in [-0.4, -0.2) is 37.0 Å². The van der Waals surface area contributed by atoms with Crippen molar-refractivity contribution in [3.8, 4) is 0 Å². The van der Waals surface area contributed by atoms with Crippen LogP contribution in [0, 0.1) is 0 Å². The average molecular weight is 255 g/mol. The highest BCUT2D eigenvalue weighted by molar-refractivity contribution is 5.99. The molecule has 0 amide bonds. The fourth-order valence-electron chi connectivity index (χ4n) is 1.67. The van der Waals surface area contributed by atoms with E-state index in [2.05, 4.69) is 41.4 Å². The van der Waals surface area contributed by atoms with Gasteiger partial charge in [0.1, 0.15) is 5.84 Å². The van der Waals surface area contributed by atoms with Crippen molar-refractivity contribution in [3.63, 3.8) is 0 Å². The molecular weight excluding hydrogens is 226 g/mol. The number of hydrogen-bond donors (Lipinski definition) is 3. The zero-order valence-corrected chi connectivity index (χ0v) is 12.5. The number of likely N-dealkylation sites (N-methyl/N-ethyl adjacent to an activating group) is 1. The van der Waals surface area contributed by atoms with E-state index in [0.717, 1.165) is 31.8 Å². The summed E-state index contributed by atoms with van der Waals surface area (Å²) < 4.78 is 0. The lowest BCUT2D eigenvalue weighted by Crippen LogP contribution is -2.37. The third-order valence-corrected chi connectivity index (χ3v) is 2.54. The number of nitrogens with one attached hydrogen (secondary N) is 2. The van der Waals surface area contributed by atoms with E-state index in [4.69, 9.17) is 5.73 Å². The number of hydrogen-bond acceptors (Lipinski definition) is 4. The summed E-state index contributed by atoms with van der Waals surface area (Å²) in [7, 11) is 0. The molecule has 5 heteroatoms. The summed E-state index contributed by atoms with van der Waals surface area (Å²) in [5.74, 6) is 1.44. The van der Waals surface area contributed by atoms with Crippen LogP contribution in [0.25, 0.3) is 0 Å². The maximum absolute atomic E-state index is 5.72. The summed E-state index contributed by atoms with van der Waals surface area (Å²) in [6, 6.07) is 0.685. The van der Waals surface area contributed by atoms with Crippen LogP contribution < -0.4 is 16.4 Å². The van der Waals surface area contributed by atoms with Crippen LogP contribution in [0.15, 0.2) is 9.98 Å². The summed E-state index contributed by atoms with van der Waals surface area (Å²) in [4.78, 5) is 8.81. The van der Waals surface area contributed by atoms with Gasteiger partial charge >= 0.3 is 0 Å². The first-order chi connectivity index (χ1) is 8.61. The average Bonchev–Trinajstić information content (AvgIpc) is 2.50. The Bertz CT molecular complexity index is 273. The van der Waals surface area contributed by atoms with Gasteiger partial charge in [-0.1, -0.05) is 20.8 Å². The Labute approximate surface area is 111 Å². The zero-order chi connectivity index (χ0) is 14.0. The molecule has 4 N–H and O–H groups in total. The van der Waals surface area contributed by atoms with Gasteiger partial charge in [0.15, 0.2) is 5.96 Å². The molecule has 2 atom stereocenters. The highest BCUT2D eigenvalue weighted by Gasteiger charge is 2.11. The minimum absolute atomic E-state index is 0.284. The van der Waals surface area contributed by atoms with Gasteiger partial charge in [-0.25, -0.2) is 0 Å². The predicted molar refractivity (Wildman–Crippen MR) is 80.2 cm³/mol. The fourth-order valence-corrected chi connectivity index (χ4v) is 1.67. The first-order valence-electron chi connectivity index (χ1n) is 6.98. The lowest BCUT2D eigenvalue weighted by Gasteiger charge is -2.11. The Kier molecular flexibility index (Phi) is 9.28. The Morgan fingerprint density at radius 3 is 2.83 bits per heavy atom. The highest BCUT2D eigenvalue weighted by Crippen LogP contribution is 2.05. The van der Waals surface area contributed by atoms with Gasteiger partial charge < -0.3 is 16.4 Å². The van der Waals surface area contributed by atoms with Crippen molar-refractivity contribution >= 4 is 11.8 Å². The van der Waals surface area contributed by atoms with E-state index in [1.807, 2.05) is 13.8 Å². The zero-order valence-electron chi connectivity index (χ0n) is 12.5. The molecule has 0 aromatic heterocycles. The maximum atomic E-state index is 5.72. The largest absolute Gasteiger partial charge is 0.370 e. The molecule has 1 heterocycles. The van der Waals surface area contributed by atoms with E-state index in [-0.39, 0.29) is 6.04 Å². The quantitative estimate of drug-likeness (QED) is 0.712. The minimum Gasteiger partial charge on any atom is -0.370 e. The molecule has 0 saturated heterocycles. The Balaban J connectivity index is 0.00000137. The molecule has 0 aliphatic carbocycles. The monoisotopic (exact) mass is 255 g/mol. The van der Waals surface area contributed by atoms with Crippen LogP contribution in [0.2, 0.25) is 0 Å². The third-order valence-electron chi connectivity index (χ3n) is 2.54. The van der Waals surface area contributed by atoms with E-state index in [9.17, 15) is 0 Å². The van der Waals surface area contributed by atoms with Crippen LogP contribution >= 0.6 is 0 Å². The molecule has 0 spiro atoms. The highest BCUT2D eigenvalue weighted by atomic mass is 15.2. The standard InChI is InChI=1S/C11H23N5.C2H6/c1-4-13-9(3)7-14-10-6-5-8(2)15-11(12)16-10;1-2/h8-9,13H,4-7H2,1-3H3,(H3,12,14,15,16);1-2H3. The van der Waals surface area contributed by atoms with Gasteiger partial charge in [-0.15, -0.1) is 0 Å². The van der Waals surface area contributed by atoms with Crippen molar-refractivity contribution in [2.45, 2.75) is 59.5 Å². The van der Waals surface area contributed by atoms with Gasteiger partial charge in [0.2, 0.25) is 0 Å². The van der Waals surface area contributed by atoms with E-state index in [1.165, 1.54) is 0 Å². The molecule has 0 bridgehead atoms. The second kappa shape index (κ2) is 9.88. The van der Waals surface area contributed by atoms with E-state index >= 15 is 0 Å². The molecule has 0 radical (unpaired) electrons. The van der Waals surface area contributed by atoms with Gasteiger partial charge in [0.05, 0.1) is 12.6 Å². The molecule has 1 aliphatic rings. The number of nitrogens with zero attached hydrogens (tertiary/aromatic N) is 2. The topological polar surface area (TPSA) is 74.8 Å². The van der Waals surface area contributed by atoms with E-state index < -0.39 is 0 Å². The molecule has 0 aromatic carbocycles. The molecule has 0 saturated carbocycles. The van der Waals surface area contributed by atoms with Gasteiger partial charge in [-0.05, 0) is 26.8 Å². The summed E-state index contributed by atoms with van der Waals surface area (Å²) >= 11 is 0. The summed E-state index contributed by atoms with van der Waals surface area (Å²) in [5.41, 5.74) is 5.72. The third kappa shape index (κ3) is 7.27. The van der Waals surface area contributed by atoms with Crippen molar-refractivity contribution in [2.24, 2.45) is 15.7 Å². The normalized spacial score (nSPS) is 23.3. The lowest BCUT2D eigenvalue weighted by molar-refractivity contribution is 0.576. The number of amidine groups is 1. The summed E-state index contributed by atoms with van der Waals surface area (Å²) in [6.45, 7) is 12.0. The smallest absolute Gasteiger partial charge is 0.194 e. The minimum atomic E-state index is 0.284. The Morgan fingerprint density at radius 2 is 2.22 bits per heavy atom. The second-order valence-electron chi connectivity index (χ2n) is 4.27. The van der Waals surface area contributed by atoms with E-state index in [0.29, 0.717) is 12.0 Å². The maximum Gasteiger partial charge on any atom is 0.194 e. The molecule has 18 heavy (non-hydrogen) atoms. The Hall–Kier alpha value is -1.10. The van der Waals surface area contributed by atoms with Crippen molar-refractivity contribution in [3.05, 3.63) is 0 Å². The summed E-state index contributed by atoms with van der Waals surface area (Å²) in [6.07, 6.45) is 1.92. The van der Waals surface area contributed by atoms with Crippen molar-refractivity contribution in [1.82, 2.24) is 10.6 Å². The van der Waals surface area contributed by atoms with Crippen LogP contribution in [0.3, 0.4) is 0 Å². The van der Waals surface area contributed by atoms with Gasteiger partial charge in [0.25, 0.3) is 0 Å². The number of aliphatic imine (C=N–C) groups is 2. The molecule has 5 nitrogen and oxygen atoms in total. The van der Waals surface area contributed by atoms with Crippen molar-refractivity contribution in [2.75, 3.05) is 13.1 Å². The second-order valence-corrected chi connectivity index (χ2v) is 4.27. The fraction of sp³-hybridized carbons (Fsp3) is 0.846. The van der Waals surface area contributed by atoms with Crippen LogP contribution in [-0.2, 0) is 0 Å². The van der Waals surface area contributed by atoms with Crippen LogP contribution in [0.1, 0.15) is 47.5 Å². The summed E-state index contributed by atoms with van der Waals surface area (Å²) in [5, 5.41) is 6.38. The SMILES string of the molecule is CC.CCNC(C)CN=C1CCC(C)N=C(N)N1. The molecule has 1 aliphatic heterocycles. The van der Waals surface area contributed by atoms with Crippen molar-refractivity contribution < 1.29 is 0 Å². The van der Waals surface area contributed by atoms with Crippen LogP contribution in [0.5, 0.6) is 0 Å². The number of guanidine groups is 1. The number of nitrogens with two attached hydrogens (primary N) is 1. The predicted octanol–water partition coefficient (Wildman–Crippen LogP) is 1.50. The molecule has 2 unspecified atom stereocenters. The van der Waals surface area contributed by atoms with Gasteiger partial charge in [-0.3, -0.25) is 9.98 Å². The first kappa shape index (κ1) is 16.9. The van der Waals surface area contributed by atoms with Gasteiger partial charge in [0, 0.05) is 12.5 Å². The Morgan fingerprint density at radius 1 is 1.56 bits per heavy atom. The molecular formula is C13H29N5. The van der Waals surface area contributed by atoms with Crippen LogP contribution in [0.4, 0.5) is 0 Å². The van der Waals surface area contributed by atoms with Crippen molar-refractivity contribution in [1.29, 1.82) is 0 Å².